The van der Waals surface area contributed by atoms with Crippen molar-refractivity contribution in [1.29, 1.82) is 0 Å². The SMILES string of the molecule is CSc1ccc(-c2nc(C)cc(C(=O)O)n2)cc1. The van der Waals surface area contributed by atoms with Crippen molar-refractivity contribution in [1.82, 2.24) is 9.97 Å². The first-order valence-corrected chi connectivity index (χ1v) is 6.56. The highest BCUT2D eigenvalue weighted by molar-refractivity contribution is 7.98. The topological polar surface area (TPSA) is 63.1 Å². The maximum atomic E-state index is 10.9. The fourth-order valence-corrected chi connectivity index (χ4v) is 1.96. The highest BCUT2D eigenvalue weighted by Gasteiger charge is 2.09. The predicted molar refractivity (Wildman–Crippen MR) is 70.9 cm³/mol. The third-order valence-corrected chi connectivity index (χ3v) is 3.17. The number of hydrogen-bond acceptors (Lipinski definition) is 4. The standard InChI is InChI=1S/C13H12N2O2S/c1-8-7-11(13(16)17)15-12(14-8)9-3-5-10(18-2)6-4-9/h3-7H,1-2H3,(H,16,17). The van der Waals surface area contributed by atoms with Gasteiger partial charge in [0.05, 0.1) is 0 Å². The van der Waals surface area contributed by atoms with E-state index in [1.54, 1.807) is 18.7 Å². The van der Waals surface area contributed by atoms with Gasteiger partial charge < -0.3 is 5.11 Å². The smallest absolute Gasteiger partial charge is 0.354 e. The molecule has 4 nitrogen and oxygen atoms in total. The summed E-state index contributed by atoms with van der Waals surface area (Å²) >= 11 is 1.65. The number of nitrogens with zero attached hydrogens (tertiary/aromatic N) is 2. The molecule has 1 N–H and O–H groups in total. The number of carboxylic acid groups (broad SMARTS) is 1. The van der Waals surface area contributed by atoms with Crippen LogP contribution < -0.4 is 0 Å². The summed E-state index contributed by atoms with van der Waals surface area (Å²) in [6.45, 7) is 1.76. The Morgan fingerprint density at radius 1 is 1.22 bits per heavy atom. The van der Waals surface area contributed by atoms with Gasteiger partial charge in [0.2, 0.25) is 0 Å². The Bertz CT molecular complexity index is 582. The van der Waals surface area contributed by atoms with Crippen LogP contribution in [0.2, 0.25) is 0 Å². The highest BCUT2D eigenvalue weighted by atomic mass is 32.2. The summed E-state index contributed by atoms with van der Waals surface area (Å²) in [5.74, 6) is -0.595. The molecule has 18 heavy (non-hydrogen) atoms. The summed E-state index contributed by atoms with van der Waals surface area (Å²) in [4.78, 5) is 20.4. The second-order valence-corrected chi connectivity index (χ2v) is 4.63. The molecule has 0 unspecified atom stereocenters. The van der Waals surface area contributed by atoms with Crippen LogP contribution in [-0.2, 0) is 0 Å². The molecule has 0 bridgehead atoms. The number of carbonyl (C=O) groups is 1. The highest BCUT2D eigenvalue weighted by Crippen LogP contribution is 2.20. The van der Waals surface area contributed by atoms with Gasteiger partial charge >= 0.3 is 5.97 Å². The van der Waals surface area contributed by atoms with Gasteiger partial charge in [0, 0.05) is 16.2 Å². The molecule has 0 aliphatic carbocycles. The molecule has 92 valence electrons. The summed E-state index contributed by atoms with van der Waals surface area (Å²) in [6.07, 6.45) is 2.00. The van der Waals surface area contributed by atoms with E-state index in [9.17, 15) is 4.79 Å². The lowest BCUT2D eigenvalue weighted by Crippen LogP contribution is -2.04. The second kappa shape index (κ2) is 5.18. The molecule has 2 rings (SSSR count). The molecule has 0 aliphatic rings. The normalized spacial score (nSPS) is 10.3. The summed E-state index contributed by atoms with van der Waals surface area (Å²) < 4.78 is 0. The van der Waals surface area contributed by atoms with E-state index in [4.69, 9.17) is 5.11 Å². The van der Waals surface area contributed by atoms with Gasteiger partial charge in [0.1, 0.15) is 0 Å². The van der Waals surface area contributed by atoms with Gasteiger partial charge in [0.15, 0.2) is 11.5 Å². The lowest BCUT2D eigenvalue weighted by Gasteiger charge is -2.04. The van der Waals surface area contributed by atoms with E-state index < -0.39 is 5.97 Å². The molecule has 5 heteroatoms. The van der Waals surface area contributed by atoms with E-state index in [0.717, 1.165) is 10.5 Å². The quantitative estimate of drug-likeness (QED) is 0.860. The lowest BCUT2D eigenvalue weighted by atomic mass is 10.2. The van der Waals surface area contributed by atoms with E-state index in [2.05, 4.69) is 9.97 Å². The van der Waals surface area contributed by atoms with Crippen LogP contribution in [0.25, 0.3) is 11.4 Å². The van der Waals surface area contributed by atoms with E-state index in [0.29, 0.717) is 11.5 Å². The number of thioether (sulfide) groups is 1. The van der Waals surface area contributed by atoms with Crippen LogP contribution in [0.4, 0.5) is 0 Å². The van der Waals surface area contributed by atoms with Gasteiger partial charge in [-0.25, -0.2) is 14.8 Å². The molecule has 0 amide bonds. The molecule has 0 aliphatic heterocycles. The number of aryl methyl sites for hydroxylation is 1. The largest absolute Gasteiger partial charge is 0.477 e. The minimum atomic E-state index is -1.04. The van der Waals surface area contributed by atoms with Crippen LogP contribution in [0.5, 0.6) is 0 Å². The maximum Gasteiger partial charge on any atom is 0.354 e. The number of aromatic carboxylic acids is 1. The molecular weight excluding hydrogens is 248 g/mol. The van der Waals surface area contributed by atoms with Crippen LogP contribution in [0.1, 0.15) is 16.2 Å². The van der Waals surface area contributed by atoms with E-state index >= 15 is 0 Å². The van der Waals surface area contributed by atoms with Crippen LogP contribution >= 0.6 is 11.8 Å². The molecule has 0 saturated carbocycles. The first-order chi connectivity index (χ1) is 8.60. The van der Waals surface area contributed by atoms with Gasteiger partial charge in [-0.15, -0.1) is 11.8 Å². The van der Waals surface area contributed by atoms with Gasteiger partial charge in [-0.05, 0) is 31.4 Å². The summed E-state index contributed by atoms with van der Waals surface area (Å²) in [5, 5.41) is 8.97. The monoisotopic (exact) mass is 260 g/mol. The van der Waals surface area contributed by atoms with Crippen molar-refractivity contribution < 1.29 is 9.90 Å². The molecular formula is C13H12N2O2S. The lowest BCUT2D eigenvalue weighted by molar-refractivity contribution is 0.0690. The molecule has 1 aromatic carbocycles. The molecule has 0 saturated heterocycles. The minimum absolute atomic E-state index is 0.0199. The molecule has 0 atom stereocenters. The number of aromatic nitrogens is 2. The van der Waals surface area contributed by atoms with Crippen molar-refractivity contribution in [3.8, 4) is 11.4 Å². The maximum absolute atomic E-state index is 10.9. The Hall–Kier alpha value is -1.88. The summed E-state index contributed by atoms with van der Waals surface area (Å²) in [5.41, 5.74) is 1.48. The van der Waals surface area contributed by atoms with Gasteiger partial charge in [-0.2, -0.15) is 0 Å². The van der Waals surface area contributed by atoms with Gasteiger partial charge in [0.25, 0.3) is 0 Å². The minimum Gasteiger partial charge on any atom is -0.477 e. The van der Waals surface area contributed by atoms with Gasteiger partial charge in [-0.1, -0.05) is 12.1 Å². The Morgan fingerprint density at radius 3 is 2.44 bits per heavy atom. The zero-order chi connectivity index (χ0) is 13.1. The van der Waals surface area contributed by atoms with Crippen LogP contribution in [-0.4, -0.2) is 27.3 Å². The van der Waals surface area contributed by atoms with Crippen molar-refractivity contribution in [2.75, 3.05) is 6.26 Å². The zero-order valence-electron chi connectivity index (χ0n) is 10.0. The van der Waals surface area contributed by atoms with Crippen LogP contribution in [0.3, 0.4) is 0 Å². The molecule has 1 aromatic heterocycles. The summed E-state index contributed by atoms with van der Waals surface area (Å²) in [7, 11) is 0. The third-order valence-electron chi connectivity index (χ3n) is 2.42. The fraction of sp³-hybridized carbons (Fsp3) is 0.154. The second-order valence-electron chi connectivity index (χ2n) is 3.75. The Morgan fingerprint density at radius 2 is 1.89 bits per heavy atom. The number of benzene rings is 1. The van der Waals surface area contributed by atoms with Crippen molar-refractivity contribution >= 4 is 17.7 Å². The molecule has 0 fully saturated rings. The van der Waals surface area contributed by atoms with E-state index in [1.165, 1.54) is 6.07 Å². The first kappa shape index (κ1) is 12.6. The predicted octanol–water partition coefficient (Wildman–Crippen LogP) is 2.87. The third kappa shape index (κ3) is 2.68. The molecule has 1 heterocycles. The van der Waals surface area contributed by atoms with Crippen LogP contribution in [0.15, 0.2) is 35.2 Å². The van der Waals surface area contributed by atoms with Crippen molar-refractivity contribution in [2.24, 2.45) is 0 Å². The molecule has 0 spiro atoms. The van der Waals surface area contributed by atoms with E-state index in [1.807, 2.05) is 30.5 Å². The average molecular weight is 260 g/mol. The fourth-order valence-electron chi connectivity index (χ4n) is 1.55. The van der Waals surface area contributed by atoms with Crippen molar-refractivity contribution in [3.63, 3.8) is 0 Å². The Balaban J connectivity index is 2.46. The average Bonchev–Trinajstić information content (AvgIpc) is 2.38. The van der Waals surface area contributed by atoms with Crippen molar-refractivity contribution in [3.05, 3.63) is 41.7 Å². The van der Waals surface area contributed by atoms with Crippen molar-refractivity contribution in [2.45, 2.75) is 11.8 Å². The van der Waals surface area contributed by atoms with Gasteiger partial charge in [-0.3, -0.25) is 0 Å². The molecule has 0 radical (unpaired) electrons. The van der Waals surface area contributed by atoms with Crippen LogP contribution in [0, 0.1) is 6.92 Å². The zero-order valence-corrected chi connectivity index (χ0v) is 10.9. The van der Waals surface area contributed by atoms with E-state index in [-0.39, 0.29) is 5.69 Å². The Kier molecular flexibility index (Phi) is 3.62. The number of hydrogen-bond donors (Lipinski definition) is 1. The number of carboxylic acids is 1. The first-order valence-electron chi connectivity index (χ1n) is 5.33. The Labute approximate surface area is 109 Å². The molecule has 2 aromatic rings. The summed E-state index contributed by atoms with van der Waals surface area (Å²) in [6, 6.07) is 9.18. The number of rotatable bonds is 3.